The number of carbonyl (C=O) groups is 2. The summed E-state index contributed by atoms with van der Waals surface area (Å²) in [5, 5.41) is 8.77. The molecule has 0 saturated carbocycles. The zero-order valence-electron chi connectivity index (χ0n) is 11.7. The van der Waals surface area contributed by atoms with Crippen LogP contribution in [0.4, 0.5) is 0 Å². The second kappa shape index (κ2) is 5.26. The van der Waals surface area contributed by atoms with E-state index in [1.54, 1.807) is 11.8 Å². The Morgan fingerprint density at radius 1 is 1.39 bits per heavy atom. The number of amides is 1. The largest absolute Gasteiger partial charge is 0.481 e. The predicted molar refractivity (Wildman–Crippen MR) is 67.3 cm³/mol. The zero-order valence-corrected chi connectivity index (χ0v) is 11.7. The van der Waals surface area contributed by atoms with Gasteiger partial charge in [-0.05, 0) is 40.5 Å². The molecule has 0 aromatic rings. The molecule has 1 fully saturated rings. The van der Waals surface area contributed by atoms with Crippen LogP contribution in [-0.4, -0.2) is 46.2 Å². The fraction of sp³-hybridized carbons (Fsp3) is 0.846. The zero-order chi connectivity index (χ0) is 14.0. The van der Waals surface area contributed by atoms with Gasteiger partial charge in [0.25, 0.3) is 5.91 Å². The Bertz CT molecular complexity index is 326. The van der Waals surface area contributed by atoms with Gasteiger partial charge in [0.1, 0.15) is 5.60 Å². The van der Waals surface area contributed by atoms with E-state index in [2.05, 4.69) is 0 Å². The molecule has 1 unspecified atom stereocenters. The lowest BCUT2D eigenvalue weighted by molar-refractivity contribution is -0.157. The molecular weight excluding hydrogens is 234 g/mol. The Kier molecular flexibility index (Phi) is 4.37. The first-order chi connectivity index (χ1) is 8.17. The van der Waals surface area contributed by atoms with Crippen LogP contribution in [-0.2, 0) is 14.3 Å². The van der Waals surface area contributed by atoms with E-state index in [1.165, 1.54) is 0 Å². The Hall–Kier alpha value is -1.10. The quantitative estimate of drug-likeness (QED) is 0.831. The highest BCUT2D eigenvalue weighted by atomic mass is 16.5. The summed E-state index contributed by atoms with van der Waals surface area (Å²) in [5.74, 6) is -0.997. The molecule has 0 aromatic heterocycles. The Labute approximate surface area is 108 Å². The van der Waals surface area contributed by atoms with Crippen molar-refractivity contribution in [2.45, 2.75) is 58.1 Å². The molecule has 5 heteroatoms. The van der Waals surface area contributed by atoms with Crippen molar-refractivity contribution in [1.29, 1.82) is 0 Å². The first-order valence-electron chi connectivity index (χ1n) is 6.35. The first kappa shape index (κ1) is 15.0. The molecule has 1 saturated heterocycles. The van der Waals surface area contributed by atoms with Crippen molar-refractivity contribution in [3.63, 3.8) is 0 Å². The summed E-state index contributed by atoms with van der Waals surface area (Å²) in [7, 11) is 0. The van der Waals surface area contributed by atoms with Crippen molar-refractivity contribution < 1.29 is 19.4 Å². The number of rotatable bonds is 4. The van der Waals surface area contributed by atoms with Crippen molar-refractivity contribution in [3.05, 3.63) is 0 Å². The van der Waals surface area contributed by atoms with Gasteiger partial charge in [-0.15, -0.1) is 0 Å². The second-order valence-electron chi connectivity index (χ2n) is 5.95. The van der Waals surface area contributed by atoms with Crippen molar-refractivity contribution in [2.24, 2.45) is 0 Å². The fourth-order valence-electron chi connectivity index (χ4n) is 2.18. The monoisotopic (exact) mass is 257 g/mol. The molecule has 1 atom stereocenters. The highest BCUT2D eigenvalue weighted by Crippen LogP contribution is 2.30. The van der Waals surface area contributed by atoms with Crippen molar-refractivity contribution in [3.8, 4) is 0 Å². The highest BCUT2D eigenvalue weighted by molar-refractivity contribution is 5.86. The van der Waals surface area contributed by atoms with Gasteiger partial charge in [-0.25, -0.2) is 0 Å². The van der Waals surface area contributed by atoms with Crippen LogP contribution in [0.1, 0.15) is 47.0 Å². The van der Waals surface area contributed by atoms with Gasteiger partial charge in [-0.3, -0.25) is 9.59 Å². The molecule has 1 aliphatic heterocycles. The van der Waals surface area contributed by atoms with Crippen LogP contribution >= 0.6 is 0 Å². The predicted octanol–water partition coefficient (Wildman–Crippen LogP) is 1.66. The Morgan fingerprint density at radius 2 is 2.00 bits per heavy atom. The van der Waals surface area contributed by atoms with Gasteiger partial charge in [-0.2, -0.15) is 0 Å². The van der Waals surface area contributed by atoms with Gasteiger partial charge in [0.15, 0.2) is 0 Å². The molecule has 1 heterocycles. The minimum Gasteiger partial charge on any atom is -0.481 e. The molecule has 1 aliphatic rings. The van der Waals surface area contributed by atoms with E-state index in [0.717, 1.165) is 6.42 Å². The number of ether oxygens (including phenoxy) is 1. The van der Waals surface area contributed by atoms with E-state index in [1.807, 2.05) is 20.8 Å². The number of carboxylic acids is 1. The van der Waals surface area contributed by atoms with Crippen molar-refractivity contribution in [2.75, 3.05) is 13.2 Å². The standard InChI is InChI=1S/C13H23NO4/c1-12(2,3)14(8-6-10(15)16)11(17)13(4)7-5-9-18-13/h5-9H2,1-4H3,(H,15,16). The fourth-order valence-corrected chi connectivity index (χ4v) is 2.18. The molecule has 18 heavy (non-hydrogen) atoms. The van der Waals surface area contributed by atoms with Crippen LogP contribution in [0.15, 0.2) is 0 Å². The van der Waals surface area contributed by atoms with E-state index in [-0.39, 0.29) is 18.9 Å². The third kappa shape index (κ3) is 3.45. The van der Waals surface area contributed by atoms with Crippen LogP contribution in [0.2, 0.25) is 0 Å². The SMILES string of the molecule is CC1(C(=O)N(CCC(=O)O)C(C)(C)C)CCCO1. The lowest BCUT2D eigenvalue weighted by atomic mass is 9.96. The number of nitrogens with zero attached hydrogens (tertiary/aromatic N) is 1. The van der Waals surface area contributed by atoms with Gasteiger partial charge in [0, 0.05) is 18.7 Å². The number of aliphatic carboxylic acids is 1. The smallest absolute Gasteiger partial charge is 0.305 e. The summed E-state index contributed by atoms with van der Waals surface area (Å²) < 4.78 is 5.55. The van der Waals surface area contributed by atoms with Crippen LogP contribution in [0, 0.1) is 0 Å². The number of hydrogen-bond acceptors (Lipinski definition) is 3. The molecule has 0 aromatic carbocycles. The minimum absolute atomic E-state index is 0.0426. The normalized spacial score (nSPS) is 24.0. The van der Waals surface area contributed by atoms with E-state index in [9.17, 15) is 9.59 Å². The summed E-state index contributed by atoms with van der Waals surface area (Å²) in [5.41, 5.74) is -1.19. The molecule has 1 N–H and O–H groups in total. The van der Waals surface area contributed by atoms with Crippen molar-refractivity contribution in [1.82, 2.24) is 4.90 Å². The number of hydrogen-bond donors (Lipinski definition) is 1. The van der Waals surface area contributed by atoms with E-state index in [0.29, 0.717) is 13.0 Å². The summed E-state index contributed by atoms with van der Waals surface area (Å²) >= 11 is 0. The average Bonchev–Trinajstić information content (AvgIpc) is 2.64. The maximum Gasteiger partial charge on any atom is 0.305 e. The van der Waals surface area contributed by atoms with Gasteiger partial charge in [-0.1, -0.05) is 0 Å². The summed E-state index contributed by atoms with van der Waals surface area (Å²) in [6.45, 7) is 8.33. The molecule has 0 bridgehead atoms. The Balaban J connectivity index is 2.82. The summed E-state index contributed by atoms with van der Waals surface area (Å²) in [4.78, 5) is 24.8. The highest BCUT2D eigenvalue weighted by Gasteiger charge is 2.43. The van der Waals surface area contributed by atoms with Gasteiger partial charge in [0.05, 0.1) is 6.42 Å². The third-order valence-electron chi connectivity index (χ3n) is 3.28. The first-order valence-corrected chi connectivity index (χ1v) is 6.35. The molecule has 0 spiro atoms. The van der Waals surface area contributed by atoms with Crippen LogP contribution in [0.5, 0.6) is 0 Å². The lowest BCUT2D eigenvalue weighted by Gasteiger charge is -2.40. The topological polar surface area (TPSA) is 66.8 Å². The lowest BCUT2D eigenvalue weighted by Crippen LogP contribution is -2.54. The molecular formula is C13H23NO4. The average molecular weight is 257 g/mol. The van der Waals surface area contributed by atoms with Gasteiger partial charge < -0.3 is 14.7 Å². The summed E-state index contributed by atoms with van der Waals surface area (Å²) in [6.07, 6.45) is 1.53. The maximum absolute atomic E-state index is 12.5. The summed E-state index contributed by atoms with van der Waals surface area (Å²) in [6, 6.07) is 0. The van der Waals surface area contributed by atoms with Gasteiger partial charge in [0.2, 0.25) is 0 Å². The maximum atomic E-state index is 12.5. The molecule has 0 radical (unpaired) electrons. The Morgan fingerprint density at radius 3 is 2.39 bits per heavy atom. The van der Waals surface area contributed by atoms with Crippen molar-refractivity contribution >= 4 is 11.9 Å². The third-order valence-corrected chi connectivity index (χ3v) is 3.28. The molecule has 1 amide bonds. The molecule has 0 aliphatic carbocycles. The van der Waals surface area contributed by atoms with Crippen LogP contribution in [0.3, 0.4) is 0 Å². The molecule has 104 valence electrons. The number of carboxylic acid groups (broad SMARTS) is 1. The molecule has 1 rings (SSSR count). The molecule has 5 nitrogen and oxygen atoms in total. The van der Waals surface area contributed by atoms with E-state index in [4.69, 9.17) is 9.84 Å². The second-order valence-corrected chi connectivity index (χ2v) is 5.95. The van der Waals surface area contributed by atoms with Crippen LogP contribution < -0.4 is 0 Å². The number of carbonyl (C=O) groups excluding carboxylic acids is 1. The van der Waals surface area contributed by atoms with Gasteiger partial charge >= 0.3 is 5.97 Å². The van der Waals surface area contributed by atoms with E-state index >= 15 is 0 Å². The van der Waals surface area contributed by atoms with E-state index < -0.39 is 17.1 Å². The minimum atomic E-state index is -0.894. The van der Waals surface area contributed by atoms with Crippen LogP contribution in [0.25, 0.3) is 0 Å².